The van der Waals surface area contributed by atoms with Crippen LogP contribution in [0.5, 0.6) is 0 Å². The number of unbranched alkanes of at least 4 members (excludes halogenated alkanes) is 24. The van der Waals surface area contributed by atoms with Crippen LogP contribution < -0.4 is 21.3 Å². The zero-order chi connectivity index (χ0) is 47.3. The standard InChI is InChI=1S/C55H100N4O6/c1-5-7-9-11-13-15-17-19-21-23-25-27-29-34-52(60)56-36-31-40-64-41-33-38-58-54(62)50-45-49(44-48(3)4)46-51(47-50)55(63)59-39-43-65-42-32-37-57-53(61)35-30-28-26-24-22-20-18-16-14-12-10-8-6-2/h45-48H,5-44H2,1-4H3,(H,56,60)(H,57,61)(H,58,62)(H,59,63). The molecule has 0 bridgehead atoms. The summed E-state index contributed by atoms with van der Waals surface area (Å²) in [5.41, 5.74) is 1.88. The fraction of sp³-hybridized carbons (Fsp3) is 0.818. The number of benzene rings is 1. The summed E-state index contributed by atoms with van der Waals surface area (Å²) in [6, 6.07) is 5.39. The molecule has 10 heteroatoms. The largest absolute Gasteiger partial charge is 0.381 e. The molecule has 0 aliphatic rings. The number of carbonyl (C=O) groups is 4. The second kappa shape index (κ2) is 44.8. The summed E-state index contributed by atoms with van der Waals surface area (Å²) in [5.74, 6) is 0.161. The molecule has 0 aliphatic carbocycles. The zero-order valence-corrected chi connectivity index (χ0v) is 42.5. The van der Waals surface area contributed by atoms with E-state index in [1.54, 1.807) is 6.07 Å². The topological polar surface area (TPSA) is 135 Å². The minimum absolute atomic E-state index is 0.113. The predicted octanol–water partition coefficient (Wildman–Crippen LogP) is 12.7. The predicted molar refractivity (Wildman–Crippen MR) is 272 cm³/mol. The van der Waals surface area contributed by atoms with Crippen molar-refractivity contribution < 1.29 is 28.7 Å². The number of hydrogen-bond acceptors (Lipinski definition) is 6. The van der Waals surface area contributed by atoms with Crippen LogP contribution >= 0.6 is 0 Å². The Hall–Kier alpha value is -2.98. The second-order valence-electron chi connectivity index (χ2n) is 19.0. The Bertz CT molecular complexity index is 1310. The lowest BCUT2D eigenvalue weighted by Crippen LogP contribution is -2.29. The summed E-state index contributed by atoms with van der Waals surface area (Å²) in [4.78, 5) is 50.6. The van der Waals surface area contributed by atoms with Crippen LogP contribution in [0.4, 0.5) is 0 Å². The fourth-order valence-corrected chi connectivity index (χ4v) is 8.15. The summed E-state index contributed by atoms with van der Waals surface area (Å²) >= 11 is 0. The van der Waals surface area contributed by atoms with Gasteiger partial charge in [-0.25, -0.2) is 0 Å². The number of nitrogens with one attached hydrogen (secondary N) is 4. The van der Waals surface area contributed by atoms with Crippen molar-refractivity contribution in [2.45, 2.75) is 233 Å². The van der Waals surface area contributed by atoms with Crippen molar-refractivity contribution in [2.24, 2.45) is 5.92 Å². The minimum atomic E-state index is -0.238. The second-order valence-corrected chi connectivity index (χ2v) is 19.0. The maximum Gasteiger partial charge on any atom is 0.251 e. The van der Waals surface area contributed by atoms with E-state index in [2.05, 4.69) is 49.0 Å². The Kier molecular flexibility index (Phi) is 41.4. The van der Waals surface area contributed by atoms with Crippen molar-refractivity contribution >= 4 is 23.6 Å². The average Bonchev–Trinajstić information content (AvgIpc) is 3.29. The first-order chi connectivity index (χ1) is 31.8. The lowest BCUT2D eigenvalue weighted by molar-refractivity contribution is -0.122. The number of rotatable bonds is 47. The molecule has 0 aliphatic heterocycles. The third-order valence-electron chi connectivity index (χ3n) is 12.0. The maximum absolute atomic E-state index is 13.1. The van der Waals surface area contributed by atoms with E-state index in [9.17, 15) is 19.2 Å². The van der Waals surface area contributed by atoms with Crippen LogP contribution in [-0.2, 0) is 25.5 Å². The SMILES string of the molecule is CCCCCCCCCCCCCCCC(=O)NCCCOCCCNC(=O)c1cc(CC(C)C)cc(C(=O)NCCOCCCNC(=O)CCCCCCCCCCCCCCC)c1. The van der Waals surface area contributed by atoms with Gasteiger partial charge < -0.3 is 30.7 Å². The van der Waals surface area contributed by atoms with Crippen molar-refractivity contribution in [3.8, 4) is 0 Å². The fourth-order valence-electron chi connectivity index (χ4n) is 8.15. The highest BCUT2D eigenvalue weighted by atomic mass is 16.5. The van der Waals surface area contributed by atoms with E-state index in [1.807, 2.05) is 12.1 Å². The van der Waals surface area contributed by atoms with Crippen molar-refractivity contribution in [2.75, 3.05) is 52.6 Å². The molecule has 4 amide bonds. The van der Waals surface area contributed by atoms with Crippen LogP contribution in [0, 0.1) is 5.92 Å². The minimum Gasteiger partial charge on any atom is -0.381 e. The van der Waals surface area contributed by atoms with Crippen LogP contribution in [0.1, 0.15) is 253 Å². The Balaban J connectivity index is 2.12. The smallest absolute Gasteiger partial charge is 0.251 e. The molecule has 0 saturated carbocycles. The van der Waals surface area contributed by atoms with Crippen molar-refractivity contribution in [1.29, 1.82) is 0 Å². The quantitative estimate of drug-likeness (QED) is 0.0481. The summed E-state index contributed by atoms with van der Waals surface area (Å²) in [7, 11) is 0. The number of carbonyl (C=O) groups excluding carboxylic acids is 4. The molecule has 0 atom stereocenters. The van der Waals surface area contributed by atoms with Crippen LogP contribution in [0.3, 0.4) is 0 Å². The van der Waals surface area contributed by atoms with E-state index >= 15 is 0 Å². The summed E-state index contributed by atoms with van der Waals surface area (Å²) in [6.45, 7) is 12.7. The first-order valence-electron chi connectivity index (χ1n) is 27.2. The van der Waals surface area contributed by atoms with Crippen LogP contribution in [0.2, 0.25) is 0 Å². The first-order valence-corrected chi connectivity index (χ1v) is 27.2. The molecule has 0 heterocycles. The molecular formula is C55H100N4O6. The van der Waals surface area contributed by atoms with E-state index in [4.69, 9.17) is 9.47 Å². The molecule has 1 aromatic carbocycles. The zero-order valence-electron chi connectivity index (χ0n) is 42.5. The van der Waals surface area contributed by atoms with Gasteiger partial charge in [0, 0.05) is 70.0 Å². The molecule has 10 nitrogen and oxygen atoms in total. The van der Waals surface area contributed by atoms with E-state index in [0.717, 1.165) is 50.5 Å². The van der Waals surface area contributed by atoms with Gasteiger partial charge in [0.15, 0.2) is 0 Å². The van der Waals surface area contributed by atoms with Crippen molar-refractivity contribution in [1.82, 2.24) is 21.3 Å². The Morgan fingerprint density at radius 3 is 1.09 bits per heavy atom. The van der Waals surface area contributed by atoms with E-state index in [-0.39, 0.29) is 23.6 Å². The van der Waals surface area contributed by atoms with Crippen LogP contribution in [0.15, 0.2) is 18.2 Å². The molecule has 1 rings (SSSR count). The maximum atomic E-state index is 13.1. The highest BCUT2D eigenvalue weighted by Gasteiger charge is 2.14. The van der Waals surface area contributed by atoms with Crippen molar-refractivity contribution in [3.05, 3.63) is 34.9 Å². The first kappa shape index (κ1) is 60.0. The molecular weight excluding hydrogens is 813 g/mol. The van der Waals surface area contributed by atoms with E-state index in [0.29, 0.717) is 88.9 Å². The average molecular weight is 913 g/mol. The van der Waals surface area contributed by atoms with Crippen molar-refractivity contribution in [3.63, 3.8) is 0 Å². The van der Waals surface area contributed by atoms with Crippen LogP contribution in [0.25, 0.3) is 0 Å². The third-order valence-corrected chi connectivity index (χ3v) is 12.0. The molecule has 0 spiro atoms. The third kappa shape index (κ3) is 38.8. The monoisotopic (exact) mass is 913 g/mol. The van der Waals surface area contributed by atoms with Gasteiger partial charge in [0.1, 0.15) is 0 Å². The van der Waals surface area contributed by atoms with Gasteiger partial charge in [0.25, 0.3) is 11.8 Å². The van der Waals surface area contributed by atoms with E-state index in [1.165, 1.54) is 141 Å². The van der Waals surface area contributed by atoms with Gasteiger partial charge in [-0.2, -0.15) is 0 Å². The van der Waals surface area contributed by atoms with Gasteiger partial charge in [0.05, 0.1) is 6.61 Å². The highest BCUT2D eigenvalue weighted by molar-refractivity contribution is 6.00. The highest BCUT2D eigenvalue weighted by Crippen LogP contribution is 2.17. The molecule has 376 valence electrons. The lowest BCUT2D eigenvalue weighted by atomic mass is 9.97. The van der Waals surface area contributed by atoms with Gasteiger partial charge in [0.2, 0.25) is 11.8 Å². The Morgan fingerprint density at radius 1 is 0.400 bits per heavy atom. The summed E-state index contributed by atoms with van der Waals surface area (Å²) in [6.07, 6.45) is 37.9. The van der Waals surface area contributed by atoms with Gasteiger partial charge >= 0.3 is 0 Å². The molecule has 1 aromatic rings. The molecule has 0 saturated heterocycles. The van der Waals surface area contributed by atoms with Crippen LogP contribution in [-0.4, -0.2) is 76.2 Å². The van der Waals surface area contributed by atoms with Gasteiger partial charge in [-0.1, -0.05) is 182 Å². The number of ether oxygens (including phenoxy) is 2. The summed E-state index contributed by atoms with van der Waals surface area (Å²) < 4.78 is 11.4. The molecule has 0 radical (unpaired) electrons. The normalized spacial score (nSPS) is 11.3. The van der Waals surface area contributed by atoms with E-state index < -0.39 is 0 Å². The van der Waals surface area contributed by atoms with Gasteiger partial charge in [-0.3, -0.25) is 19.2 Å². The Labute approximate surface area is 398 Å². The summed E-state index contributed by atoms with van der Waals surface area (Å²) in [5, 5.41) is 11.9. The Morgan fingerprint density at radius 2 is 0.723 bits per heavy atom. The number of hydrogen-bond donors (Lipinski definition) is 4. The van der Waals surface area contributed by atoms with Gasteiger partial charge in [-0.05, 0) is 68.2 Å². The molecule has 65 heavy (non-hydrogen) atoms. The molecule has 4 N–H and O–H groups in total. The lowest BCUT2D eigenvalue weighted by Gasteiger charge is -2.13. The van der Waals surface area contributed by atoms with Gasteiger partial charge in [-0.15, -0.1) is 0 Å². The molecule has 0 aromatic heterocycles. The number of amides is 4. The molecule has 0 fully saturated rings. The molecule has 0 unspecified atom stereocenters.